The van der Waals surface area contributed by atoms with Crippen molar-refractivity contribution in [1.29, 1.82) is 0 Å². The highest BCUT2D eigenvalue weighted by Crippen LogP contribution is 2.14. The average Bonchev–Trinajstić information content (AvgIpc) is 3.04. The number of carbonyl (C=O) groups excluding carboxylic acids is 1. The molecule has 0 spiro atoms. The Morgan fingerprint density at radius 2 is 1.92 bits per heavy atom. The molecule has 0 saturated heterocycles. The number of aromatic nitrogens is 2. The van der Waals surface area contributed by atoms with Gasteiger partial charge in [0.05, 0.1) is 22.3 Å². The van der Waals surface area contributed by atoms with E-state index in [4.69, 9.17) is 0 Å². The third-order valence-corrected chi connectivity index (χ3v) is 5.12. The van der Waals surface area contributed by atoms with E-state index >= 15 is 0 Å². The number of carbonyl (C=O) groups is 1. The number of rotatable bonds is 5. The molecule has 2 aromatic carbocycles. The molecular formula is C17H18N4O3S. The van der Waals surface area contributed by atoms with Crippen molar-refractivity contribution >= 4 is 27.1 Å². The first kappa shape index (κ1) is 17.0. The number of aromatic amines is 1. The smallest absolute Gasteiger partial charge is 0.328 e. The molecule has 3 aromatic rings. The van der Waals surface area contributed by atoms with Crippen LogP contribution in [0.1, 0.15) is 11.1 Å². The first-order valence-electron chi connectivity index (χ1n) is 7.74. The molecule has 0 atom stereocenters. The number of amides is 2. The Morgan fingerprint density at radius 1 is 1.16 bits per heavy atom. The minimum atomic E-state index is -3.88. The SMILES string of the molecule is Cc1ccc(S(=O)(=O)NC(=O)NCCc2cccc3[nH]cnc23)cc1. The number of imidazole rings is 1. The quantitative estimate of drug-likeness (QED) is 0.650. The second kappa shape index (κ2) is 6.94. The monoisotopic (exact) mass is 358 g/mol. The molecule has 8 heteroatoms. The first-order chi connectivity index (χ1) is 12.0. The van der Waals surface area contributed by atoms with Crippen LogP contribution in [0.25, 0.3) is 11.0 Å². The summed E-state index contributed by atoms with van der Waals surface area (Å²) in [7, 11) is -3.88. The van der Waals surface area contributed by atoms with Crippen LogP contribution >= 0.6 is 0 Å². The molecule has 0 aliphatic heterocycles. The molecule has 130 valence electrons. The summed E-state index contributed by atoms with van der Waals surface area (Å²) >= 11 is 0. The highest BCUT2D eigenvalue weighted by Gasteiger charge is 2.17. The molecule has 25 heavy (non-hydrogen) atoms. The average molecular weight is 358 g/mol. The van der Waals surface area contributed by atoms with Crippen molar-refractivity contribution in [3.8, 4) is 0 Å². The van der Waals surface area contributed by atoms with Crippen LogP contribution in [0.4, 0.5) is 4.79 Å². The Morgan fingerprint density at radius 3 is 2.68 bits per heavy atom. The van der Waals surface area contributed by atoms with E-state index in [1.54, 1.807) is 18.5 Å². The zero-order valence-corrected chi connectivity index (χ0v) is 14.4. The maximum absolute atomic E-state index is 12.1. The van der Waals surface area contributed by atoms with E-state index in [0.717, 1.165) is 22.2 Å². The minimum Gasteiger partial charge on any atom is -0.345 e. The van der Waals surface area contributed by atoms with Crippen LogP contribution in [0.15, 0.2) is 53.7 Å². The third kappa shape index (κ3) is 3.97. The normalized spacial score (nSPS) is 11.4. The summed E-state index contributed by atoms with van der Waals surface area (Å²) in [6, 6.07) is 11.3. The molecule has 1 heterocycles. The maximum Gasteiger partial charge on any atom is 0.328 e. The molecule has 3 N–H and O–H groups in total. The van der Waals surface area contributed by atoms with Gasteiger partial charge in [0.2, 0.25) is 0 Å². The molecule has 2 amide bonds. The van der Waals surface area contributed by atoms with Crippen LogP contribution in [0.2, 0.25) is 0 Å². The van der Waals surface area contributed by atoms with E-state index in [1.165, 1.54) is 12.1 Å². The number of benzene rings is 2. The summed E-state index contributed by atoms with van der Waals surface area (Å²) < 4.78 is 26.3. The van der Waals surface area contributed by atoms with Gasteiger partial charge in [-0.25, -0.2) is 22.9 Å². The van der Waals surface area contributed by atoms with Gasteiger partial charge in [-0.3, -0.25) is 0 Å². The second-order valence-electron chi connectivity index (χ2n) is 5.64. The van der Waals surface area contributed by atoms with Gasteiger partial charge in [-0.15, -0.1) is 0 Å². The van der Waals surface area contributed by atoms with Gasteiger partial charge in [-0.1, -0.05) is 29.8 Å². The van der Waals surface area contributed by atoms with Gasteiger partial charge in [0.1, 0.15) is 0 Å². The van der Waals surface area contributed by atoms with Crippen molar-refractivity contribution in [2.24, 2.45) is 0 Å². The Balaban J connectivity index is 1.58. The number of nitrogens with zero attached hydrogens (tertiary/aromatic N) is 1. The van der Waals surface area contributed by atoms with Gasteiger partial charge in [-0.2, -0.15) is 0 Å². The maximum atomic E-state index is 12.1. The van der Waals surface area contributed by atoms with Crippen LogP contribution < -0.4 is 10.0 Å². The Bertz CT molecular complexity index is 994. The highest BCUT2D eigenvalue weighted by atomic mass is 32.2. The van der Waals surface area contributed by atoms with Gasteiger partial charge in [0, 0.05) is 6.54 Å². The van der Waals surface area contributed by atoms with E-state index in [0.29, 0.717) is 13.0 Å². The van der Waals surface area contributed by atoms with Gasteiger partial charge in [0.15, 0.2) is 0 Å². The van der Waals surface area contributed by atoms with E-state index in [1.807, 2.05) is 29.8 Å². The van der Waals surface area contributed by atoms with Gasteiger partial charge < -0.3 is 10.3 Å². The molecule has 7 nitrogen and oxygen atoms in total. The number of fused-ring (bicyclic) bond motifs is 1. The number of hydrogen-bond acceptors (Lipinski definition) is 4. The number of nitrogens with one attached hydrogen (secondary N) is 3. The standard InChI is InChI=1S/C17H18N4O3S/c1-12-5-7-14(8-6-12)25(23,24)21-17(22)18-10-9-13-3-2-4-15-16(13)20-11-19-15/h2-8,11H,9-10H2,1H3,(H,19,20)(H2,18,21,22). The van der Waals surface area contributed by atoms with E-state index in [9.17, 15) is 13.2 Å². The van der Waals surface area contributed by atoms with Gasteiger partial charge in [0.25, 0.3) is 10.0 Å². The second-order valence-corrected chi connectivity index (χ2v) is 7.32. The lowest BCUT2D eigenvalue weighted by Gasteiger charge is -2.09. The lowest BCUT2D eigenvalue weighted by Crippen LogP contribution is -2.40. The highest BCUT2D eigenvalue weighted by molar-refractivity contribution is 7.90. The molecule has 0 aliphatic carbocycles. The fraction of sp³-hybridized carbons (Fsp3) is 0.176. The molecule has 0 aliphatic rings. The number of aryl methyl sites for hydroxylation is 1. The van der Waals surface area contributed by atoms with Crippen LogP contribution in [-0.2, 0) is 16.4 Å². The lowest BCUT2D eigenvalue weighted by atomic mass is 10.1. The number of H-pyrrole nitrogens is 1. The van der Waals surface area contributed by atoms with Crippen molar-refractivity contribution in [1.82, 2.24) is 20.0 Å². The van der Waals surface area contributed by atoms with Crippen LogP contribution in [-0.4, -0.2) is 31.0 Å². The molecule has 0 saturated carbocycles. The van der Waals surface area contributed by atoms with Crippen molar-refractivity contribution < 1.29 is 13.2 Å². The van der Waals surface area contributed by atoms with Crippen LogP contribution in [0.5, 0.6) is 0 Å². The van der Waals surface area contributed by atoms with Crippen molar-refractivity contribution in [2.45, 2.75) is 18.2 Å². The Labute approximate surface area is 145 Å². The van der Waals surface area contributed by atoms with Gasteiger partial charge >= 0.3 is 6.03 Å². The minimum absolute atomic E-state index is 0.0505. The molecule has 0 fully saturated rings. The molecule has 1 aromatic heterocycles. The number of hydrogen-bond donors (Lipinski definition) is 3. The van der Waals surface area contributed by atoms with Gasteiger partial charge in [-0.05, 0) is 37.1 Å². The number of para-hydroxylation sites is 1. The topological polar surface area (TPSA) is 104 Å². The Kier molecular flexibility index (Phi) is 4.71. The summed E-state index contributed by atoms with van der Waals surface area (Å²) in [5.41, 5.74) is 3.68. The van der Waals surface area contributed by atoms with E-state index in [2.05, 4.69) is 15.3 Å². The summed E-state index contributed by atoms with van der Waals surface area (Å²) in [6.07, 6.45) is 2.16. The van der Waals surface area contributed by atoms with E-state index < -0.39 is 16.1 Å². The molecular weight excluding hydrogens is 340 g/mol. The number of urea groups is 1. The zero-order chi connectivity index (χ0) is 17.9. The van der Waals surface area contributed by atoms with Crippen molar-refractivity contribution in [3.63, 3.8) is 0 Å². The van der Waals surface area contributed by atoms with E-state index in [-0.39, 0.29) is 4.90 Å². The number of sulfonamides is 1. The van der Waals surface area contributed by atoms with Crippen molar-refractivity contribution in [3.05, 3.63) is 59.9 Å². The predicted molar refractivity (Wildman–Crippen MR) is 94.7 cm³/mol. The van der Waals surface area contributed by atoms with Crippen molar-refractivity contribution in [2.75, 3.05) is 6.54 Å². The molecule has 3 rings (SSSR count). The Hall–Kier alpha value is -2.87. The van der Waals surface area contributed by atoms with Crippen LogP contribution in [0.3, 0.4) is 0 Å². The molecule has 0 unspecified atom stereocenters. The first-order valence-corrected chi connectivity index (χ1v) is 9.22. The van der Waals surface area contributed by atoms with Crippen LogP contribution in [0, 0.1) is 6.92 Å². The predicted octanol–water partition coefficient (Wildman–Crippen LogP) is 2.10. The zero-order valence-electron chi connectivity index (χ0n) is 13.6. The fourth-order valence-corrected chi connectivity index (χ4v) is 3.40. The summed E-state index contributed by atoms with van der Waals surface area (Å²) in [6.45, 7) is 2.15. The lowest BCUT2D eigenvalue weighted by molar-refractivity contribution is 0.246. The molecule has 0 bridgehead atoms. The third-order valence-electron chi connectivity index (χ3n) is 3.77. The summed E-state index contributed by atoms with van der Waals surface area (Å²) in [4.78, 5) is 19.2. The summed E-state index contributed by atoms with van der Waals surface area (Å²) in [5.74, 6) is 0. The molecule has 0 radical (unpaired) electrons. The largest absolute Gasteiger partial charge is 0.345 e. The summed E-state index contributed by atoms with van der Waals surface area (Å²) in [5, 5.41) is 2.56. The fourth-order valence-electron chi connectivity index (χ4n) is 2.47.